The molecule has 16 heavy (non-hydrogen) atoms. The summed E-state index contributed by atoms with van der Waals surface area (Å²) in [6.07, 6.45) is 1.48. The van der Waals surface area contributed by atoms with E-state index >= 15 is 0 Å². The lowest BCUT2D eigenvalue weighted by atomic mass is 10.1. The van der Waals surface area contributed by atoms with Crippen LogP contribution in [-0.4, -0.2) is 43.2 Å². The third-order valence-corrected chi connectivity index (χ3v) is 2.70. The molecule has 7 heteroatoms. The normalized spacial score (nSPS) is 20.4. The Morgan fingerprint density at radius 1 is 1.69 bits per heavy atom. The van der Waals surface area contributed by atoms with Crippen LogP contribution in [0.25, 0.3) is 0 Å². The van der Waals surface area contributed by atoms with Gasteiger partial charge in [-0.05, 0) is 0 Å². The van der Waals surface area contributed by atoms with Crippen molar-refractivity contribution in [3.05, 3.63) is 12.2 Å². The van der Waals surface area contributed by atoms with Gasteiger partial charge in [-0.2, -0.15) is 5.10 Å². The fraction of sp³-hybridized carbons (Fsp3) is 0.556. The van der Waals surface area contributed by atoms with E-state index in [2.05, 4.69) is 10.1 Å². The third-order valence-electron chi connectivity index (χ3n) is 2.70. The second-order valence-electron chi connectivity index (χ2n) is 3.81. The number of carbonyl (C=O) groups excluding carboxylic acids is 1. The minimum absolute atomic E-state index is 0.0766. The van der Waals surface area contributed by atoms with Crippen LogP contribution in [0.5, 0.6) is 0 Å². The van der Waals surface area contributed by atoms with E-state index in [0.717, 1.165) is 0 Å². The fourth-order valence-electron chi connectivity index (χ4n) is 1.72. The van der Waals surface area contributed by atoms with Gasteiger partial charge in [0.25, 0.3) is 0 Å². The lowest BCUT2D eigenvalue weighted by Gasteiger charge is -2.14. The van der Waals surface area contributed by atoms with Crippen molar-refractivity contribution < 1.29 is 14.7 Å². The van der Waals surface area contributed by atoms with Crippen molar-refractivity contribution in [1.82, 2.24) is 19.7 Å². The second kappa shape index (κ2) is 3.92. The summed E-state index contributed by atoms with van der Waals surface area (Å²) in [5.41, 5.74) is 0. The molecule has 2 heterocycles. The molecule has 0 spiro atoms. The quantitative estimate of drug-likeness (QED) is 0.729. The maximum atomic E-state index is 11.5. The van der Waals surface area contributed by atoms with Crippen LogP contribution in [0.1, 0.15) is 12.2 Å². The van der Waals surface area contributed by atoms with Gasteiger partial charge in [-0.1, -0.05) is 0 Å². The largest absolute Gasteiger partial charge is 0.481 e. The molecule has 7 nitrogen and oxygen atoms in total. The van der Waals surface area contributed by atoms with Crippen LogP contribution >= 0.6 is 0 Å². The Morgan fingerprint density at radius 2 is 2.44 bits per heavy atom. The van der Waals surface area contributed by atoms with E-state index in [-0.39, 0.29) is 18.9 Å². The summed E-state index contributed by atoms with van der Waals surface area (Å²) >= 11 is 0. The summed E-state index contributed by atoms with van der Waals surface area (Å²) in [5.74, 6) is -1.01. The highest BCUT2D eigenvalue weighted by Crippen LogP contribution is 2.19. The van der Waals surface area contributed by atoms with Gasteiger partial charge in [0.2, 0.25) is 5.91 Å². The molecule has 1 aliphatic rings. The molecule has 1 saturated heterocycles. The summed E-state index contributed by atoms with van der Waals surface area (Å²) in [6.45, 7) is 0.570. The van der Waals surface area contributed by atoms with Crippen LogP contribution in [0.2, 0.25) is 0 Å². The number of amides is 1. The molecule has 0 bridgehead atoms. The molecule has 1 atom stereocenters. The lowest BCUT2D eigenvalue weighted by molar-refractivity contribution is -0.141. The number of hydrogen-bond donors (Lipinski definition) is 1. The number of aliphatic carboxylic acids is 1. The molecule has 1 amide bonds. The Morgan fingerprint density at radius 3 is 2.94 bits per heavy atom. The van der Waals surface area contributed by atoms with Gasteiger partial charge < -0.3 is 10.0 Å². The van der Waals surface area contributed by atoms with Gasteiger partial charge >= 0.3 is 5.97 Å². The Labute approximate surface area is 91.7 Å². The highest BCUT2D eigenvalue weighted by Gasteiger charge is 2.34. The van der Waals surface area contributed by atoms with Gasteiger partial charge in [0.05, 0.1) is 12.5 Å². The van der Waals surface area contributed by atoms with Gasteiger partial charge in [0.1, 0.15) is 12.2 Å². The van der Waals surface area contributed by atoms with Crippen molar-refractivity contribution in [3.63, 3.8) is 0 Å². The number of nitrogens with zero attached hydrogens (tertiary/aromatic N) is 4. The Bertz CT molecular complexity index is 428. The zero-order chi connectivity index (χ0) is 11.7. The number of carboxylic acid groups (broad SMARTS) is 1. The van der Waals surface area contributed by atoms with Gasteiger partial charge in [-0.15, -0.1) is 0 Å². The van der Waals surface area contributed by atoms with Crippen LogP contribution in [0.4, 0.5) is 0 Å². The van der Waals surface area contributed by atoms with Gasteiger partial charge in [-0.25, -0.2) is 4.98 Å². The molecule has 0 radical (unpaired) electrons. The second-order valence-corrected chi connectivity index (χ2v) is 3.81. The maximum Gasteiger partial charge on any atom is 0.308 e. The Kier molecular flexibility index (Phi) is 2.59. The highest BCUT2D eigenvalue weighted by molar-refractivity contribution is 5.85. The average molecular weight is 224 g/mol. The summed E-state index contributed by atoms with van der Waals surface area (Å²) < 4.78 is 1.57. The number of carbonyl (C=O) groups is 2. The monoisotopic (exact) mass is 224 g/mol. The first-order valence-electron chi connectivity index (χ1n) is 4.91. The Balaban J connectivity index is 2.04. The maximum absolute atomic E-state index is 11.5. The van der Waals surface area contributed by atoms with E-state index in [1.807, 2.05) is 0 Å². The number of hydrogen-bond acceptors (Lipinski definition) is 4. The first kappa shape index (κ1) is 10.6. The fourth-order valence-corrected chi connectivity index (χ4v) is 1.72. The summed E-state index contributed by atoms with van der Waals surface area (Å²) in [4.78, 5) is 27.8. The van der Waals surface area contributed by atoms with E-state index in [9.17, 15) is 9.59 Å². The topological polar surface area (TPSA) is 88.3 Å². The SMILES string of the molecule is Cn1ncnc1CN1CC(C(=O)O)CC1=O. The molecule has 1 fully saturated rings. The number of aromatic nitrogens is 3. The average Bonchev–Trinajstić information content (AvgIpc) is 2.76. The smallest absolute Gasteiger partial charge is 0.308 e. The van der Waals surface area contributed by atoms with Crippen LogP contribution in [0.3, 0.4) is 0 Å². The van der Waals surface area contributed by atoms with Gasteiger partial charge in [-0.3, -0.25) is 14.3 Å². The molecule has 1 N–H and O–H groups in total. The molecule has 0 saturated carbocycles. The zero-order valence-electron chi connectivity index (χ0n) is 8.83. The molecule has 1 unspecified atom stereocenters. The minimum atomic E-state index is -0.922. The lowest BCUT2D eigenvalue weighted by Crippen LogP contribution is -2.27. The van der Waals surface area contributed by atoms with Crippen LogP contribution in [0.15, 0.2) is 6.33 Å². The molecule has 0 aromatic carbocycles. The van der Waals surface area contributed by atoms with E-state index in [4.69, 9.17) is 5.11 Å². The predicted molar refractivity (Wildman–Crippen MR) is 52.2 cm³/mol. The molecule has 0 aliphatic carbocycles. The number of aryl methyl sites for hydroxylation is 1. The minimum Gasteiger partial charge on any atom is -0.481 e. The number of carboxylic acids is 1. The number of likely N-dealkylation sites (tertiary alicyclic amines) is 1. The van der Waals surface area contributed by atoms with Crippen LogP contribution in [-0.2, 0) is 23.2 Å². The van der Waals surface area contributed by atoms with Crippen LogP contribution in [0, 0.1) is 5.92 Å². The molecule has 1 aliphatic heterocycles. The van der Waals surface area contributed by atoms with Crippen molar-refractivity contribution in [2.75, 3.05) is 6.54 Å². The summed E-state index contributed by atoms with van der Waals surface area (Å²) in [6, 6.07) is 0. The van der Waals surface area contributed by atoms with E-state index in [0.29, 0.717) is 12.4 Å². The summed E-state index contributed by atoms with van der Waals surface area (Å²) in [5, 5.41) is 12.7. The molecule has 1 aromatic heterocycles. The standard InChI is InChI=1S/C9H12N4O3/c1-12-7(10-5-11-12)4-13-3-6(9(15)16)2-8(13)14/h5-6H,2-4H2,1H3,(H,15,16). The van der Waals surface area contributed by atoms with Gasteiger partial charge in [0.15, 0.2) is 0 Å². The first-order chi connectivity index (χ1) is 7.58. The van der Waals surface area contributed by atoms with E-state index < -0.39 is 11.9 Å². The predicted octanol–water partition coefficient (Wildman–Crippen LogP) is -0.752. The first-order valence-corrected chi connectivity index (χ1v) is 4.91. The van der Waals surface area contributed by atoms with Crippen LogP contribution < -0.4 is 0 Å². The van der Waals surface area contributed by atoms with E-state index in [1.165, 1.54) is 11.2 Å². The number of rotatable bonds is 3. The molecule has 86 valence electrons. The highest BCUT2D eigenvalue weighted by atomic mass is 16.4. The Hall–Kier alpha value is -1.92. The zero-order valence-corrected chi connectivity index (χ0v) is 8.83. The van der Waals surface area contributed by atoms with Crippen molar-refractivity contribution in [3.8, 4) is 0 Å². The van der Waals surface area contributed by atoms with Crippen molar-refractivity contribution in [2.24, 2.45) is 13.0 Å². The molecular formula is C9H12N4O3. The summed E-state index contributed by atoms with van der Waals surface area (Å²) in [7, 11) is 1.73. The van der Waals surface area contributed by atoms with Crippen molar-refractivity contribution >= 4 is 11.9 Å². The van der Waals surface area contributed by atoms with Gasteiger partial charge in [0, 0.05) is 20.0 Å². The van der Waals surface area contributed by atoms with Crippen molar-refractivity contribution in [1.29, 1.82) is 0 Å². The molecular weight excluding hydrogens is 212 g/mol. The molecule has 1 aromatic rings. The van der Waals surface area contributed by atoms with Crippen molar-refractivity contribution in [2.45, 2.75) is 13.0 Å². The molecule has 2 rings (SSSR count). The van der Waals surface area contributed by atoms with E-state index in [1.54, 1.807) is 11.7 Å². The third kappa shape index (κ3) is 1.88.